The fourth-order valence-corrected chi connectivity index (χ4v) is 4.73. The highest BCUT2D eigenvalue weighted by molar-refractivity contribution is 7.17. The minimum absolute atomic E-state index is 0.0703. The predicted molar refractivity (Wildman–Crippen MR) is 125 cm³/mol. The molecule has 1 aliphatic rings. The predicted octanol–water partition coefficient (Wildman–Crippen LogP) is 4.91. The molecule has 1 aliphatic heterocycles. The maximum Gasteiger partial charge on any atom is 0.350 e. The normalized spacial score (nSPS) is 17.4. The third-order valence-electron chi connectivity index (χ3n) is 5.13. The van der Waals surface area contributed by atoms with Gasteiger partial charge in [0.1, 0.15) is 10.6 Å². The van der Waals surface area contributed by atoms with Crippen LogP contribution in [-0.4, -0.2) is 34.4 Å². The number of aromatic nitrogens is 1. The van der Waals surface area contributed by atoms with Crippen LogP contribution in [0.15, 0.2) is 60.2 Å². The van der Waals surface area contributed by atoms with E-state index in [4.69, 9.17) is 16.3 Å². The highest BCUT2D eigenvalue weighted by atomic mass is 35.5. The number of amides is 1. The Hall–Kier alpha value is -3.49. The number of benzene rings is 2. The van der Waals surface area contributed by atoms with Crippen molar-refractivity contribution in [3.63, 3.8) is 0 Å². The number of nitrogens with zero attached hydrogens (tertiary/aromatic N) is 2. The molecule has 0 bridgehead atoms. The Labute approximate surface area is 198 Å². The molecule has 4 rings (SSSR count). The number of rotatable bonds is 5. The Morgan fingerprint density at radius 2 is 1.82 bits per heavy atom. The number of esters is 1. The van der Waals surface area contributed by atoms with Gasteiger partial charge in [-0.15, -0.1) is 0 Å². The average Bonchev–Trinajstić information content (AvgIpc) is 3.32. The maximum absolute atomic E-state index is 13.2. The van der Waals surface area contributed by atoms with Crippen molar-refractivity contribution in [2.75, 3.05) is 11.5 Å². The van der Waals surface area contributed by atoms with E-state index < -0.39 is 23.7 Å². The van der Waals surface area contributed by atoms with E-state index in [0.717, 1.165) is 11.3 Å². The van der Waals surface area contributed by atoms with Crippen LogP contribution in [0.2, 0.25) is 5.02 Å². The van der Waals surface area contributed by atoms with Crippen LogP contribution < -0.4 is 4.90 Å². The molecule has 1 amide bonds. The van der Waals surface area contributed by atoms with Gasteiger partial charge in [0.2, 0.25) is 0 Å². The van der Waals surface area contributed by atoms with Gasteiger partial charge in [-0.3, -0.25) is 14.5 Å². The number of ether oxygens (including phenoxy) is 1. The monoisotopic (exact) mass is 482 g/mol. The molecular weight excluding hydrogens is 464 g/mol. The number of aliphatic hydroxyl groups excluding tert-OH is 1. The molecule has 9 heteroatoms. The van der Waals surface area contributed by atoms with Gasteiger partial charge in [-0.2, -0.15) is 0 Å². The fourth-order valence-electron chi connectivity index (χ4n) is 3.61. The average molecular weight is 483 g/mol. The lowest BCUT2D eigenvalue weighted by atomic mass is 9.95. The zero-order valence-electron chi connectivity index (χ0n) is 17.7. The largest absolute Gasteiger partial charge is 0.507 e. The topological polar surface area (TPSA) is 96.8 Å². The Balaban J connectivity index is 1.90. The summed E-state index contributed by atoms with van der Waals surface area (Å²) in [6, 6.07) is 14.2. The summed E-state index contributed by atoms with van der Waals surface area (Å²) in [4.78, 5) is 44.4. The van der Waals surface area contributed by atoms with Crippen LogP contribution in [0, 0.1) is 6.92 Å². The molecule has 0 aliphatic carbocycles. The first kappa shape index (κ1) is 22.7. The molecule has 1 aromatic heterocycles. The number of hydrogen-bond donors (Lipinski definition) is 1. The fraction of sp³-hybridized carbons (Fsp3) is 0.167. The van der Waals surface area contributed by atoms with Crippen LogP contribution in [0.4, 0.5) is 5.13 Å². The van der Waals surface area contributed by atoms with Gasteiger partial charge >= 0.3 is 11.9 Å². The smallest absolute Gasteiger partial charge is 0.350 e. The second-order valence-electron chi connectivity index (χ2n) is 7.22. The highest BCUT2D eigenvalue weighted by Crippen LogP contribution is 2.44. The number of hydrogen-bond acceptors (Lipinski definition) is 7. The van der Waals surface area contributed by atoms with Crippen LogP contribution in [0.1, 0.15) is 39.5 Å². The number of halogens is 1. The van der Waals surface area contributed by atoms with Gasteiger partial charge in [0.05, 0.1) is 23.9 Å². The van der Waals surface area contributed by atoms with Gasteiger partial charge in [-0.25, -0.2) is 9.78 Å². The second-order valence-corrected chi connectivity index (χ2v) is 8.63. The molecular formula is C24H19ClN2O5S. The molecule has 2 heterocycles. The summed E-state index contributed by atoms with van der Waals surface area (Å²) >= 11 is 7.00. The minimum atomic E-state index is -0.955. The zero-order chi connectivity index (χ0) is 23.7. The van der Waals surface area contributed by atoms with Crippen LogP contribution in [-0.2, 0) is 14.3 Å². The second kappa shape index (κ2) is 9.17. The van der Waals surface area contributed by atoms with Gasteiger partial charge < -0.3 is 9.84 Å². The minimum Gasteiger partial charge on any atom is -0.507 e. The molecule has 2 aromatic carbocycles. The number of thiazole rings is 1. The van der Waals surface area contributed by atoms with Gasteiger partial charge in [0, 0.05) is 10.6 Å². The van der Waals surface area contributed by atoms with Crippen molar-refractivity contribution >= 4 is 51.5 Å². The van der Waals surface area contributed by atoms with Crippen LogP contribution in [0.5, 0.6) is 0 Å². The molecule has 1 N–H and O–H groups in total. The molecule has 0 spiro atoms. The Morgan fingerprint density at radius 1 is 1.15 bits per heavy atom. The SMILES string of the molecule is CCOC(=O)c1sc(N2C(=O)C(=O)/C(=C(/O)c3ccccc3)C2c2ccc(Cl)cc2)nc1C. The van der Waals surface area contributed by atoms with Crippen molar-refractivity contribution in [1.29, 1.82) is 0 Å². The molecule has 3 aromatic rings. The summed E-state index contributed by atoms with van der Waals surface area (Å²) < 4.78 is 5.07. The van der Waals surface area contributed by atoms with Gasteiger partial charge in [-0.1, -0.05) is 65.4 Å². The van der Waals surface area contributed by atoms with Crippen molar-refractivity contribution in [2.45, 2.75) is 19.9 Å². The number of carbonyl (C=O) groups is 3. The molecule has 1 atom stereocenters. The number of Topliss-reactive ketones (excluding diaryl/α,β-unsaturated/α-hetero) is 1. The first-order valence-electron chi connectivity index (χ1n) is 10.1. The molecule has 1 fully saturated rings. The molecule has 7 nitrogen and oxygen atoms in total. The van der Waals surface area contributed by atoms with Crippen molar-refractivity contribution in [2.24, 2.45) is 0 Å². The summed E-state index contributed by atoms with van der Waals surface area (Å²) in [5, 5.41) is 11.7. The number of carbonyl (C=O) groups excluding carboxylic acids is 3. The van der Waals surface area contributed by atoms with Crippen LogP contribution >= 0.6 is 22.9 Å². The summed E-state index contributed by atoms with van der Waals surface area (Å²) in [6.45, 7) is 3.51. The molecule has 33 heavy (non-hydrogen) atoms. The standard InChI is InChI=1S/C24H19ClN2O5S/c1-3-32-23(31)21-13(2)26-24(33-21)27-18(14-9-11-16(25)12-10-14)17(20(29)22(27)30)19(28)15-7-5-4-6-8-15/h4-12,18,28H,3H2,1-2H3/b19-17+. The van der Waals surface area contributed by atoms with Crippen molar-refractivity contribution < 1.29 is 24.2 Å². The van der Waals surface area contributed by atoms with Crippen molar-refractivity contribution in [3.8, 4) is 0 Å². The molecule has 168 valence electrons. The Morgan fingerprint density at radius 3 is 2.45 bits per heavy atom. The van der Waals surface area contributed by atoms with Crippen LogP contribution in [0.3, 0.4) is 0 Å². The van der Waals surface area contributed by atoms with E-state index in [0.29, 0.717) is 21.8 Å². The van der Waals surface area contributed by atoms with E-state index in [1.54, 1.807) is 68.4 Å². The Kier molecular flexibility index (Phi) is 6.31. The van der Waals surface area contributed by atoms with Crippen molar-refractivity contribution in [1.82, 2.24) is 4.98 Å². The van der Waals surface area contributed by atoms with E-state index in [2.05, 4.69) is 4.98 Å². The zero-order valence-corrected chi connectivity index (χ0v) is 19.3. The molecule has 1 saturated heterocycles. The third-order valence-corrected chi connectivity index (χ3v) is 6.52. The number of anilines is 1. The maximum atomic E-state index is 13.2. The summed E-state index contributed by atoms with van der Waals surface area (Å²) in [5.74, 6) is -2.55. The first-order valence-corrected chi connectivity index (χ1v) is 11.3. The number of ketones is 1. The lowest BCUT2D eigenvalue weighted by Gasteiger charge is -2.23. The number of aliphatic hydroxyl groups is 1. The number of aryl methyl sites for hydroxylation is 1. The molecule has 1 unspecified atom stereocenters. The molecule has 0 radical (unpaired) electrons. The van der Waals surface area contributed by atoms with E-state index >= 15 is 0 Å². The van der Waals surface area contributed by atoms with E-state index in [1.807, 2.05) is 0 Å². The Bertz CT molecular complexity index is 1270. The van der Waals surface area contributed by atoms with Gasteiger partial charge in [-0.05, 0) is 31.5 Å². The van der Waals surface area contributed by atoms with Gasteiger partial charge in [0.15, 0.2) is 5.13 Å². The lowest BCUT2D eigenvalue weighted by Crippen LogP contribution is -2.29. The van der Waals surface area contributed by atoms with E-state index in [-0.39, 0.29) is 27.9 Å². The van der Waals surface area contributed by atoms with Crippen LogP contribution in [0.25, 0.3) is 5.76 Å². The molecule has 0 saturated carbocycles. The summed E-state index contributed by atoms with van der Waals surface area (Å²) in [6.07, 6.45) is 0. The highest BCUT2D eigenvalue weighted by Gasteiger charge is 2.48. The quantitative estimate of drug-likeness (QED) is 0.240. The van der Waals surface area contributed by atoms with E-state index in [1.165, 1.54) is 4.90 Å². The summed E-state index contributed by atoms with van der Waals surface area (Å²) in [7, 11) is 0. The van der Waals surface area contributed by atoms with Crippen molar-refractivity contribution in [3.05, 3.63) is 86.9 Å². The third kappa shape index (κ3) is 4.15. The lowest BCUT2D eigenvalue weighted by molar-refractivity contribution is -0.132. The van der Waals surface area contributed by atoms with E-state index in [9.17, 15) is 19.5 Å². The van der Waals surface area contributed by atoms with Gasteiger partial charge in [0.25, 0.3) is 5.78 Å². The summed E-state index contributed by atoms with van der Waals surface area (Å²) in [5.41, 5.74) is 1.27. The first-order chi connectivity index (χ1) is 15.8.